The number of piperidine rings is 1. The Kier molecular flexibility index (Phi) is 6.08. The minimum atomic E-state index is -0.292. The van der Waals surface area contributed by atoms with Crippen LogP contribution in [-0.4, -0.2) is 64.0 Å². The number of aromatic amines is 1. The third-order valence-electron chi connectivity index (χ3n) is 6.51. The normalized spacial score (nSPS) is 14.4. The number of hydrogen-bond donors (Lipinski definition) is 1. The van der Waals surface area contributed by atoms with E-state index in [2.05, 4.69) is 10.1 Å². The molecule has 1 fully saturated rings. The van der Waals surface area contributed by atoms with Crippen LogP contribution in [0.15, 0.2) is 53.3 Å². The molecule has 1 N–H and O–H groups in total. The van der Waals surface area contributed by atoms with Crippen molar-refractivity contribution in [2.24, 2.45) is 7.05 Å². The lowest BCUT2D eigenvalue weighted by Crippen LogP contribution is -2.40. The van der Waals surface area contributed by atoms with Gasteiger partial charge in [0.15, 0.2) is 5.65 Å². The van der Waals surface area contributed by atoms with Crippen LogP contribution in [0.3, 0.4) is 0 Å². The van der Waals surface area contributed by atoms with Gasteiger partial charge in [0, 0.05) is 38.4 Å². The Morgan fingerprint density at radius 2 is 1.83 bits per heavy atom. The summed E-state index contributed by atoms with van der Waals surface area (Å²) < 4.78 is 12.6. The molecule has 0 spiro atoms. The van der Waals surface area contributed by atoms with Crippen molar-refractivity contribution in [3.63, 3.8) is 0 Å². The van der Waals surface area contributed by atoms with Crippen molar-refractivity contribution in [3.8, 4) is 28.4 Å². The summed E-state index contributed by atoms with van der Waals surface area (Å²) in [6.07, 6.45) is 1.83. The Labute approximate surface area is 202 Å². The third-order valence-corrected chi connectivity index (χ3v) is 6.51. The van der Waals surface area contributed by atoms with Gasteiger partial charge in [-0.25, -0.2) is 9.67 Å². The second-order valence-electron chi connectivity index (χ2n) is 8.59. The van der Waals surface area contributed by atoms with Gasteiger partial charge in [0.05, 0.1) is 18.8 Å². The molecular weight excluding hydrogens is 446 g/mol. The number of hydrogen-bond acceptors (Lipinski definition) is 6. The van der Waals surface area contributed by atoms with Gasteiger partial charge >= 0.3 is 0 Å². The van der Waals surface area contributed by atoms with E-state index in [4.69, 9.17) is 14.5 Å². The van der Waals surface area contributed by atoms with E-state index in [0.29, 0.717) is 52.5 Å². The summed E-state index contributed by atoms with van der Waals surface area (Å²) in [5.74, 6) is 0.748. The molecule has 2 aromatic heterocycles. The molecule has 2 aromatic carbocycles. The first-order valence-corrected chi connectivity index (χ1v) is 11.5. The van der Waals surface area contributed by atoms with Crippen molar-refractivity contribution >= 4 is 16.9 Å². The van der Waals surface area contributed by atoms with Crippen LogP contribution in [0.4, 0.5) is 0 Å². The summed E-state index contributed by atoms with van der Waals surface area (Å²) in [5.41, 5.74) is 2.70. The van der Waals surface area contributed by atoms with Crippen molar-refractivity contribution < 1.29 is 14.3 Å². The fraction of sp³-hybridized carbons (Fsp3) is 0.308. The van der Waals surface area contributed by atoms with Crippen molar-refractivity contribution in [2.75, 3.05) is 27.3 Å². The molecule has 0 bridgehead atoms. The van der Waals surface area contributed by atoms with Crippen LogP contribution in [0.5, 0.6) is 5.75 Å². The minimum absolute atomic E-state index is 0.0551. The lowest BCUT2D eigenvalue weighted by molar-refractivity contribution is 0.0350. The molecule has 0 atom stereocenters. The molecule has 0 radical (unpaired) electrons. The molecule has 1 aliphatic heterocycles. The standard InChI is InChI=1S/C26H27N5O4/c1-30-24-21(22(29-30)16-7-5-4-6-8-16)25(32)28-23(27-24)19-10-9-17(15-20(19)35-3)26(33)31-13-11-18(34-2)12-14-31/h4-10,15,18H,11-14H2,1-3H3,(H,27,28,32). The highest BCUT2D eigenvalue weighted by Gasteiger charge is 2.25. The predicted octanol–water partition coefficient (Wildman–Crippen LogP) is 3.25. The quantitative estimate of drug-likeness (QED) is 0.477. The Hall–Kier alpha value is -3.98. The zero-order chi connectivity index (χ0) is 24.5. The molecule has 0 unspecified atom stereocenters. The molecule has 0 aliphatic carbocycles. The maximum absolute atomic E-state index is 13.2. The maximum atomic E-state index is 13.2. The monoisotopic (exact) mass is 473 g/mol. The van der Waals surface area contributed by atoms with E-state index in [1.165, 1.54) is 7.11 Å². The molecule has 0 saturated carbocycles. The number of carbonyl (C=O) groups excluding carboxylic acids is 1. The van der Waals surface area contributed by atoms with Gasteiger partial charge < -0.3 is 19.4 Å². The summed E-state index contributed by atoms with van der Waals surface area (Å²) in [7, 11) is 5.00. The molecule has 9 heteroatoms. The lowest BCUT2D eigenvalue weighted by atomic mass is 10.0. The zero-order valence-corrected chi connectivity index (χ0v) is 19.9. The van der Waals surface area contributed by atoms with Gasteiger partial charge in [0.2, 0.25) is 0 Å². The van der Waals surface area contributed by atoms with Crippen LogP contribution in [0, 0.1) is 0 Å². The zero-order valence-electron chi connectivity index (χ0n) is 19.9. The summed E-state index contributed by atoms with van der Waals surface area (Å²) >= 11 is 0. The molecule has 5 rings (SSSR count). The highest BCUT2D eigenvalue weighted by Crippen LogP contribution is 2.31. The molecule has 180 valence electrons. The number of nitrogens with zero attached hydrogens (tertiary/aromatic N) is 4. The fourth-order valence-corrected chi connectivity index (χ4v) is 4.58. The van der Waals surface area contributed by atoms with Crippen LogP contribution in [0.2, 0.25) is 0 Å². The average Bonchev–Trinajstić information content (AvgIpc) is 3.25. The number of ether oxygens (including phenoxy) is 2. The minimum Gasteiger partial charge on any atom is -0.496 e. The fourth-order valence-electron chi connectivity index (χ4n) is 4.58. The summed E-state index contributed by atoms with van der Waals surface area (Å²) in [6, 6.07) is 14.7. The number of rotatable bonds is 5. The Morgan fingerprint density at radius 3 is 2.51 bits per heavy atom. The van der Waals surface area contributed by atoms with E-state index in [-0.39, 0.29) is 17.6 Å². The van der Waals surface area contributed by atoms with Crippen LogP contribution >= 0.6 is 0 Å². The number of likely N-dealkylation sites (tertiary alicyclic amines) is 1. The van der Waals surface area contributed by atoms with Crippen LogP contribution in [0.25, 0.3) is 33.7 Å². The van der Waals surface area contributed by atoms with Crippen molar-refractivity contribution in [2.45, 2.75) is 18.9 Å². The van der Waals surface area contributed by atoms with Crippen molar-refractivity contribution in [1.29, 1.82) is 0 Å². The van der Waals surface area contributed by atoms with Gasteiger partial charge in [-0.05, 0) is 31.0 Å². The van der Waals surface area contributed by atoms with Crippen LogP contribution in [-0.2, 0) is 11.8 Å². The van der Waals surface area contributed by atoms with E-state index in [1.807, 2.05) is 35.2 Å². The number of benzene rings is 2. The molecule has 1 saturated heterocycles. The lowest BCUT2D eigenvalue weighted by Gasteiger charge is -2.31. The molecule has 4 aromatic rings. The number of carbonyl (C=O) groups is 1. The van der Waals surface area contributed by atoms with Gasteiger partial charge in [-0.1, -0.05) is 30.3 Å². The summed E-state index contributed by atoms with van der Waals surface area (Å²) in [4.78, 5) is 35.6. The maximum Gasteiger partial charge on any atom is 0.262 e. The summed E-state index contributed by atoms with van der Waals surface area (Å²) in [5, 5.41) is 4.97. The first-order valence-electron chi connectivity index (χ1n) is 11.5. The van der Waals surface area contributed by atoms with Gasteiger partial charge in [-0.15, -0.1) is 0 Å². The molecular formula is C26H27N5O4. The molecule has 3 heterocycles. The first kappa shape index (κ1) is 22.8. The second-order valence-corrected chi connectivity index (χ2v) is 8.59. The van der Waals surface area contributed by atoms with Gasteiger partial charge in [-0.2, -0.15) is 5.10 Å². The van der Waals surface area contributed by atoms with E-state index >= 15 is 0 Å². The Morgan fingerprint density at radius 1 is 1.09 bits per heavy atom. The topological polar surface area (TPSA) is 102 Å². The Balaban J connectivity index is 1.51. The van der Waals surface area contributed by atoms with Gasteiger partial charge in [0.25, 0.3) is 11.5 Å². The van der Waals surface area contributed by atoms with Gasteiger partial charge in [-0.3, -0.25) is 9.59 Å². The van der Waals surface area contributed by atoms with Crippen molar-refractivity contribution in [3.05, 3.63) is 64.4 Å². The second kappa shape index (κ2) is 9.34. The third kappa shape index (κ3) is 4.19. The van der Waals surface area contributed by atoms with E-state index in [1.54, 1.807) is 37.0 Å². The average molecular weight is 474 g/mol. The number of amides is 1. The summed E-state index contributed by atoms with van der Waals surface area (Å²) in [6.45, 7) is 1.30. The Bertz CT molecular complexity index is 1440. The van der Waals surface area contributed by atoms with Crippen molar-refractivity contribution in [1.82, 2.24) is 24.6 Å². The number of methoxy groups -OCH3 is 2. The van der Waals surface area contributed by atoms with E-state index in [0.717, 1.165) is 18.4 Å². The van der Waals surface area contributed by atoms with Crippen LogP contribution < -0.4 is 10.3 Å². The molecule has 9 nitrogen and oxygen atoms in total. The van der Waals surface area contributed by atoms with E-state index < -0.39 is 0 Å². The molecule has 1 amide bonds. The number of fused-ring (bicyclic) bond motifs is 1. The molecule has 35 heavy (non-hydrogen) atoms. The largest absolute Gasteiger partial charge is 0.496 e. The van der Waals surface area contributed by atoms with Crippen LogP contribution in [0.1, 0.15) is 23.2 Å². The number of aryl methyl sites for hydroxylation is 1. The number of aromatic nitrogens is 4. The highest BCUT2D eigenvalue weighted by molar-refractivity contribution is 5.96. The number of nitrogens with one attached hydrogen (secondary N) is 1. The SMILES string of the molecule is COc1cc(C(=O)N2CCC(OC)CC2)ccc1-c1nc2c(c(-c3ccccc3)nn2C)c(=O)[nH]1. The van der Waals surface area contributed by atoms with E-state index in [9.17, 15) is 9.59 Å². The number of H-pyrrole nitrogens is 1. The molecule has 1 aliphatic rings. The van der Waals surface area contributed by atoms with Gasteiger partial charge in [0.1, 0.15) is 22.7 Å². The first-order chi connectivity index (χ1) is 17.0. The smallest absolute Gasteiger partial charge is 0.262 e. The predicted molar refractivity (Wildman–Crippen MR) is 132 cm³/mol. The highest BCUT2D eigenvalue weighted by atomic mass is 16.5.